The average molecular weight is 285 g/mol. The summed E-state index contributed by atoms with van der Waals surface area (Å²) in [6, 6.07) is 12.5. The topological polar surface area (TPSA) is 20.3 Å². The molecule has 0 aliphatic carbocycles. The van der Waals surface area contributed by atoms with Gasteiger partial charge in [-0.1, -0.05) is 18.2 Å². The van der Waals surface area contributed by atoms with Crippen LogP contribution >= 0.6 is 0 Å². The summed E-state index contributed by atoms with van der Waals surface area (Å²) < 4.78 is 13.6. The Labute approximate surface area is 125 Å². The molecule has 2 rings (SSSR count). The maximum Gasteiger partial charge on any atom is 0.160 e. The highest BCUT2D eigenvalue weighted by Gasteiger charge is 2.13. The van der Waals surface area contributed by atoms with Crippen LogP contribution in [-0.2, 0) is 0 Å². The van der Waals surface area contributed by atoms with E-state index in [0.29, 0.717) is 11.1 Å². The van der Waals surface area contributed by atoms with Crippen LogP contribution < -0.4 is 0 Å². The van der Waals surface area contributed by atoms with Gasteiger partial charge in [-0.05, 0) is 68.9 Å². The summed E-state index contributed by atoms with van der Waals surface area (Å²) in [4.78, 5) is 13.9. The van der Waals surface area contributed by atoms with Crippen LogP contribution in [0.1, 0.15) is 35.8 Å². The highest BCUT2D eigenvalue weighted by Crippen LogP contribution is 2.28. The van der Waals surface area contributed by atoms with Gasteiger partial charge in [-0.3, -0.25) is 4.79 Å². The second-order valence-electron chi connectivity index (χ2n) is 5.51. The molecule has 2 nitrogen and oxygen atoms in total. The van der Waals surface area contributed by atoms with Crippen molar-refractivity contribution in [1.29, 1.82) is 0 Å². The van der Waals surface area contributed by atoms with Crippen LogP contribution in [0.4, 0.5) is 4.39 Å². The van der Waals surface area contributed by atoms with Crippen molar-refractivity contribution in [1.82, 2.24) is 4.90 Å². The van der Waals surface area contributed by atoms with Crippen LogP contribution in [0.3, 0.4) is 0 Å². The van der Waals surface area contributed by atoms with Gasteiger partial charge in [0.25, 0.3) is 0 Å². The SMILES string of the molecule is CC(=O)c1ccc(F)cc1-c1cccc(C(C)N(C)C)c1. The molecule has 0 saturated carbocycles. The molecule has 0 aromatic heterocycles. The highest BCUT2D eigenvalue weighted by atomic mass is 19.1. The monoisotopic (exact) mass is 285 g/mol. The first-order valence-corrected chi connectivity index (χ1v) is 6.97. The predicted octanol–water partition coefficient (Wildman–Crippen LogP) is 4.32. The summed E-state index contributed by atoms with van der Waals surface area (Å²) in [7, 11) is 4.03. The number of carbonyl (C=O) groups is 1. The van der Waals surface area contributed by atoms with Gasteiger partial charge in [-0.15, -0.1) is 0 Å². The molecule has 1 atom stereocenters. The molecule has 2 aromatic carbocycles. The van der Waals surface area contributed by atoms with Gasteiger partial charge in [-0.25, -0.2) is 4.39 Å². The number of halogens is 1. The Morgan fingerprint density at radius 1 is 1.14 bits per heavy atom. The molecule has 0 N–H and O–H groups in total. The van der Waals surface area contributed by atoms with Crippen LogP contribution in [0.5, 0.6) is 0 Å². The standard InChI is InChI=1S/C18H20FNO/c1-12(20(3)4)14-6-5-7-15(10-14)18-11-16(19)8-9-17(18)13(2)21/h5-12H,1-4H3. The minimum atomic E-state index is -0.332. The Hall–Kier alpha value is -2.00. The Kier molecular flexibility index (Phi) is 4.53. The molecule has 0 aliphatic rings. The van der Waals surface area contributed by atoms with Crippen molar-refractivity contribution in [3.8, 4) is 11.1 Å². The van der Waals surface area contributed by atoms with Crippen molar-refractivity contribution in [2.45, 2.75) is 19.9 Å². The first-order valence-electron chi connectivity index (χ1n) is 6.97. The van der Waals surface area contributed by atoms with Crippen molar-refractivity contribution in [3.05, 3.63) is 59.4 Å². The number of hydrogen-bond acceptors (Lipinski definition) is 2. The minimum Gasteiger partial charge on any atom is -0.303 e. The summed E-state index contributed by atoms with van der Waals surface area (Å²) in [6.07, 6.45) is 0. The van der Waals surface area contributed by atoms with Crippen LogP contribution in [0, 0.1) is 5.82 Å². The van der Waals surface area contributed by atoms with Crippen molar-refractivity contribution in [3.63, 3.8) is 0 Å². The molecule has 0 heterocycles. The molecule has 0 radical (unpaired) electrons. The number of nitrogens with zero attached hydrogens (tertiary/aromatic N) is 1. The maximum atomic E-state index is 13.6. The van der Waals surface area contributed by atoms with E-state index in [1.165, 1.54) is 19.1 Å². The second-order valence-corrected chi connectivity index (χ2v) is 5.51. The summed E-state index contributed by atoms with van der Waals surface area (Å²) >= 11 is 0. The number of carbonyl (C=O) groups excluding carboxylic acids is 1. The molecule has 0 spiro atoms. The zero-order chi connectivity index (χ0) is 15.6. The smallest absolute Gasteiger partial charge is 0.160 e. The summed E-state index contributed by atoms with van der Waals surface area (Å²) in [6.45, 7) is 3.61. The lowest BCUT2D eigenvalue weighted by Crippen LogP contribution is -2.16. The second kappa shape index (κ2) is 6.19. The molecule has 3 heteroatoms. The zero-order valence-electron chi connectivity index (χ0n) is 12.9. The van der Waals surface area contributed by atoms with Crippen molar-refractivity contribution < 1.29 is 9.18 Å². The molecule has 2 aromatic rings. The van der Waals surface area contributed by atoms with E-state index >= 15 is 0 Å². The van der Waals surface area contributed by atoms with Gasteiger partial charge in [0.15, 0.2) is 5.78 Å². The molecule has 0 saturated heterocycles. The Morgan fingerprint density at radius 2 is 1.86 bits per heavy atom. The van der Waals surface area contributed by atoms with Crippen LogP contribution in [0.2, 0.25) is 0 Å². The predicted molar refractivity (Wildman–Crippen MR) is 83.9 cm³/mol. The minimum absolute atomic E-state index is 0.0592. The quantitative estimate of drug-likeness (QED) is 0.780. The van der Waals surface area contributed by atoms with Gasteiger partial charge < -0.3 is 4.90 Å². The van der Waals surface area contributed by atoms with Crippen molar-refractivity contribution >= 4 is 5.78 Å². The Bertz CT molecular complexity index is 664. The number of ketones is 1. The molecule has 0 fully saturated rings. The molecule has 110 valence electrons. The van der Waals surface area contributed by atoms with E-state index in [-0.39, 0.29) is 17.6 Å². The van der Waals surface area contributed by atoms with E-state index in [2.05, 4.69) is 11.8 Å². The zero-order valence-corrected chi connectivity index (χ0v) is 12.9. The lowest BCUT2D eigenvalue weighted by atomic mass is 9.94. The van der Waals surface area contributed by atoms with Gasteiger partial charge in [-0.2, -0.15) is 0 Å². The fourth-order valence-corrected chi connectivity index (χ4v) is 2.33. The van der Waals surface area contributed by atoms with Crippen LogP contribution in [0.15, 0.2) is 42.5 Å². The molecule has 0 aliphatic heterocycles. The number of rotatable bonds is 4. The summed E-state index contributed by atoms with van der Waals surface area (Å²) in [5.74, 6) is -0.392. The average Bonchev–Trinajstić information content (AvgIpc) is 2.46. The van der Waals surface area contributed by atoms with Crippen LogP contribution in [0.25, 0.3) is 11.1 Å². The van der Waals surface area contributed by atoms with Gasteiger partial charge in [0.2, 0.25) is 0 Å². The number of benzene rings is 2. The third kappa shape index (κ3) is 3.37. The first-order chi connectivity index (χ1) is 9.90. The third-order valence-corrected chi connectivity index (χ3v) is 3.82. The Morgan fingerprint density at radius 3 is 2.48 bits per heavy atom. The maximum absolute atomic E-state index is 13.6. The molecular weight excluding hydrogens is 265 g/mol. The van der Waals surface area contributed by atoms with E-state index in [9.17, 15) is 9.18 Å². The van der Waals surface area contributed by atoms with E-state index < -0.39 is 0 Å². The highest BCUT2D eigenvalue weighted by molar-refractivity contribution is 6.00. The van der Waals surface area contributed by atoms with E-state index in [0.717, 1.165) is 11.1 Å². The molecule has 21 heavy (non-hydrogen) atoms. The van der Waals surface area contributed by atoms with Crippen molar-refractivity contribution in [2.75, 3.05) is 14.1 Å². The largest absolute Gasteiger partial charge is 0.303 e. The lowest BCUT2D eigenvalue weighted by molar-refractivity contribution is 0.101. The summed E-state index contributed by atoms with van der Waals surface area (Å²) in [5.41, 5.74) is 3.20. The molecular formula is C18H20FNO. The fraction of sp³-hybridized carbons (Fsp3) is 0.278. The molecule has 1 unspecified atom stereocenters. The van der Waals surface area contributed by atoms with Gasteiger partial charge in [0.1, 0.15) is 5.82 Å². The number of Topliss-reactive ketones (excluding diaryl/α,β-unsaturated/α-hetero) is 1. The summed E-state index contributed by atoms with van der Waals surface area (Å²) in [5, 5.41) is 0. The van der Waals surface area contributed by atoms with Gasteiger partial charge >= 0.3 is 0 Å². The van der Waals surface area contributed by atoms with E-state index in [4.69, 9.17) is 0 Å². The number of hydrogen-bond donors (Lipinski definition) is 0. The molecule has 0 amide bonds. The third-order valence-electron chi connectivity index (χ3n) is 3.82. The normalized spacial score (nSPS) is 12.5. The van der Waals surface area contributed by atoms with E-state index in [1.807, 2.05) is 38.4 Å². The van der Waals surface area contributed by atoms with Gasteiger partial charge in [0, 0.05) is 11.6 Å². The first kappa shape index (κ1) is 15.4. The Balaban J connectivity index is 2.55. The van der Waals surface area contributed by atoms with E-state index in [1.54, 1.807) is 6.07 Å². The van der Waals surface area contributed by atoms with Gasteiger partial charge in [0.05, 0.1) is 0 Å². The lowest BCUT2D eigenvalue weighted by Gasteiger charge is -2.21. The van der Waals surface area contributed by atoms with Crippen molar-refractivity contribution in [2.24, 2.45) is 0 Å². The van der Waals surface area contributed by atoms with Crippen LogP contribution in [-0.4, -0.2) is 24.8 Å². The fourth-order valence-electron chi connectivity index (χ4n) is 2.33. The molecule has 0 bridgehead atoms.